The first-order valence-electron chi connectivity index (χ1n) is 4.10. The Hall–Kier alpha value is -0.680. The van der Waals surface area contributed by atoms with Crippen molar-refractivity contribution in [3.8, 4) is 0 Å². The number of halogens is 1. The summed E-state index contributed by atoms with van der Waals surface area (Å²) in [4.78, 5) is 12.2. The van der Waals surface area contributed by atoms with E-state index in [2.05, 4.69) is 15.9 Å². The lowest BCUT2D eigenvalue weighted by atomic mass is 9.87. The van der Waals surface area contributed by atoms with E-state index in [-0.39, 0.29) is 16.0 Å². The number of fused-ring (bicyclic) bond motifs is 1. The summed E-state index contributed by atoms with van der Waals surface area (Å²) in [7, 11) is -3.22. The molecule has 0 saturated heterocycles. The van der Waals surface area contributed by atoms with Gasteiger partial charge in [-0.05, 0) is 17.2 Å². The number of ketones is 1. The molecule has 0 aromatic heterocycles. The van der Waals surface area contributed by atoms with E-state index in [9.17, 15) is 13.2 Å². The Morgan fingerprint density at radius 2 is 2.14 bits per heavy atom. The first-order chi connectivity index (χ1) is 6.57. The normalized spacial score (nSPS) is 18.4. The number of rotatable bonds is 2. The Kier molecular flexibility index (Phi) is 1.40. The van der Waals surface area contributed by atoms with Gasteiger partial charge < -0.3 is 0 Å². The summed E-state index contributed by atoms with van der Waals surface area (Å²) in [6.45, 7) is 0. The second kappa shape index (κ2) is 2.28. The molecule has 0 atom stereocenters. The molecule has 5 heteroatoms. The SMILES string of the molecule is O=C(CBr)C1=C2C3=C(C(=C1)C3)S2(=O)=O. The summed E-state index contributed by atoms with van der Waals surface area (Å²) in [6.07, 6.45) is 0.725. The molecule has 0 fully saturated rings. The predicted molar refractivity (Wildman–Crippen MR) is 52.8 cm³/mol. The molecule has 0 unspecified atom stereocenters. The van der Waals surface area contributed by atoms with Gasteiger partial charge in [-0.3, -0.25) is 4.79 Å². The lowest BCUT2D eigenvalue weighted by molar-refractivity contribution is 0.101. The van der Waals surface area contributed by atoms with Crippen LogP contribution >= 0.6 is 15.9 Å². The van der Waals surface area contributed by atoms with Crippen LogP contribution in [0.5, 0.6) is 0 Å². The van der Waals surface area contributed by atoms with Crippen LogP contribution in [0.25, 0.3) is 0 Å². The molecule has 0 spiro atoms. The van der Waals surface area contributed by atoms with Gasteiger partial charge in [0.15, 0.2) is 5.78 Å². The Balaban J connectivity index is 2.33. The van der Waals surface area contributed by atoms with Crippen molar-refractivity contribution in [1.29, 1.82) is 0 Å². The van der Waals surface area contributed by atoms with E-state index in [1.807, 2.05) is 0 Å². The largest absolute Gasteiger partial charge is 0.293 e. The van der Waals surface area contributed by atoms with E-state index in [0.29, 0.717) is 10.5 Å². The van der Waals surface area contributed by atoms with Gasteiger partial charge in [0.1, 0.15) is 0 Å². The number of carbonyl (C=O) groups is 1. The van der Waals surface area contributed by atoms with Gasteiger partial charge in [-0.15, -0.1) is 0 Å². The smallest absolute Gasteiger partial charge is 0.208 e. The summed E-state index contributed by atoms with van der Waals surface area (Å²) in [5.41, 5.74) is 2.04. The minimum absolute atomic E-state index is 0.156. The topological polar surface area (TPSA) is 51.2 Å². The number of benzene rings is 1. The van der Waals surface area contributed by atoms with E-state index in [4.69, 9.17) is 0 Å². The summed E-state index contributed by atoms with van der Waals surface area (Å²) in [5, 5.41) is 0.174. The van der Waals surface area contributed by atoms with Crippen LogP contribution in [0, 0.1) is 0 Å². The minimum Gasteiger partial charge on any atom is -0.293 e. The second-order valence-electron chi connectivity index (χ2n) is 3.46. The first-order valence-corrected chi connectivity index (χ1v) is 6.71. The van der Waals surface area contributed by atoms with E-state index in [1.54, 1.807) is 6.07 Å². The molecule has 1 heterocycles. The van der Waals surface area contributed by atoms with Crippen molar-refractivity contribution in [2.24, 2.45) is 0 Å². The number of sulfone groups is 1. The zero-order chi connectivity index (χ0) is 10.1. The molecular formula is C9H5BrO3S. The Bertz CT molecular complexity index is 580. The standard InChI is InChI=1S/C9H5BrO3S/c10-3-7(11)5-1-4-2-6-8(4)14(12,13)9(5)6/h1H,2-3H2. The highest BCUT2D eigenvalue weighted by molar-refractivity contribution is 9.09. The molecule has 0 radical (unpaired) electrons. The van der Waals surface area contributed by atoms with Gasteiger partial charge in [0.2, 0.25) is 9.84 Å². The van der Waals surface area contributed by atoms with Gasteiger partial charge in [-0.25, -0.2) is 8.42 Å². The zero-order valence-corrected chi connectivity index (χ0v) is 9.41. The van der Waals surface area contributed by atoms with E-state index in [0.717, 1.165) is 17.5 Å². The molecule has 1 aliphatic heterocycles. The molecule has 72 valence electrons. The number of alkyl halides is 1. The molecule has 0 N–H and O–H groups in total. The van der Waals surface area contributed by atoms with Crippen LogP contribution in [0.1, 0.15) is 21.5 Å². The molecule has 14 heavy (non-hydrogen) atoms. The first kappa shape index (κ1) is 8.61. The Labute approximate surface area is 89.2 Å². The monoisotopic (exact) mass is 272 g/mol. The van der Waals surface area contributed by atoms with E-state index < -0.39 is 9.84 Å². The van der Waals surface area contributed by atoms with Crippen molar-refractivity contribution in [2.75, 3.05) is 5.33 Å². The Morgan fingerprint density at radius 3 is 2.64 bits per heavy atom. The lowest BCUT2D eigenvalue weighted by Crippen LogP contribution is -2.33. The number of hydrogen-bond donors (Lipinski definition) is 0. The van der Waals surface area contributed by atoms with Crippen LogP contribution in [0.4, 0.5) is 0 Å². The lowest BCUT2D eigenvalue weighted by Gasteiger charge is -2.36. The zero-order valence-electron chi connectivity index (χ0n) is 7.00. The highest BCUT2D eigenvalue weighted by Gasteiger charge is 2.48. The maximum Gasteiger partial charge on any atom is 0.208 e. The molecule has 1 aromatic carbocycles. The van der Waals surface area contributed by atoms with Crippen LogP contribution in [-0.4, -0.2) is 19.5 Å². The molecule has 3 nitrogen and oxygen atoms in total. The molecular weight excluding hydrogens is 268 g/mol. The molecule has 0 saturated carbocycles. The number of hydrogen-bond acceptors (Lipinski definition) is 3. The van der Waals surface area contributed by atoms with E-state index in [1.165, 1.54) is 0 Å². The van der Waals surface area contributed by atoms with Crippen LogP contribution in [0.3, 0.4) is 0 Å². The third kappa shape index (κ3) is 0.706. The van der Waals surface area contributed by atoms with Crippen molar-refractivity contribution in [3.05, 3.63) is 22.8 Å². The van der Waals surface area contributed by atoms with E-state index >= 15 is 0 Å². The van der Waals surface area contributed by atoms with Crippen molar-refractivity contribution in [2.45, 2.75) is 16.2 Å². The summed E-state index contributed by atoms with van der Waals surface area (Å²) in [5.74, 6) is -0.156. The second-order valence-corrected chi connectivity index (χ2v) is 5.84. The molecule has 3 aliphatic rings. The molecule has 4 bridgehead atoms. The third-order valence-electron chi connectivity index (χ3n) is 2.73. The summed E-state index contributed by atoms with van der Waals surface area (Å²) < 4.78 is 23.2. The van der Waals surface area contributed by atoms with Gasteiger partial charge in [0.05, 0.1) is 15.1 Å². The maximum absolute atomic E-state index is 11.6. The van der Waals surface area contributed by atoms with Crippen LogP contribution in [0.15, 0.2) is 15.9 Å². The van der Waals surface area contributed by atoms with Gasteiger partial charge in [0, 0.05) is 12.0 Å². The molecule has 2 aliphatic carbocycles. The summed E-state index contributed by atoms with van der Waals surface area (Å²) >= 11 is 3.04. The van der Waals surface area contributed by atoms with Crippen molar-refractivity contribution < 1.29 is 13.2 Å². The fraction of sp³-hybridized carbons (Fsp3) is 0.222. The average Bonchev–Trinajstić information content (AvgIpc) is 2.14. The minimum atomic E-state index is -3.22. The van der Waals surface area contributed by atoms with Crippen molar-refractivity contribution in [1.82, 2.24) is 0 Å². The van der Waals surface area contributed by atoms with Crippen LogP contribution in [-0.2, 0) is 16.3 Å². The average molecular weight is 273 g/mol. The van der Waals surface area contributed by atoms with Crippen LogP contribution in [0.2, 0.25) is 0 Å². The van der Waals surface area contributed by atoms with Gasteiger partial charge in [-0.2, -0.15) is 0 Å². The highest BCUT2D eigenvalue weighted by atomic mass is 79.9. The van der Waals surface area contributed by atoms with Gasteiger partial charge >= 0.3 is 0 Å². The quantitative estimate of drug-likeness (QED) is 0.522. The fourth-order valence-electron chi connectivity index (χ4n) is 2.12. The molecule has 1 aromatic rings. The maximum atomic E-state index is 11.6. The van der Waals surface area contributed by atoms with Crippen molar-refractivity contribution in [3.63, 3.8) is 0 Å². The highest BCUT2D eigenvalue weighted by Crippen LogP contribution is 2.52. The predicted octanol–water partition coefficient (Wildman–Crippen LogP) is 1.31. The molecule has 4 rings (SSSR count). The van der Waals surface area contributed by atoms with Gasteiger partial charge in [0.25, 0.3) is 0 Å². The molecule has 0 amide bonds. The van der Waals surface area contributed by atoms with Crippen molar-refractivity contribution >= 4 is 31.6 Å². The number of carbonyl (C=O) groups excluding carboxylic acids is 1. The fourth-order valence-corrected chi connectivity index (χ4v) is 4.41. The van der Waals surface area contributed by atoms with Crippen LogP contribution < -0.4 is 0 Å². The van der Waals surface area contributed by atoms with Gasteiger partial charge in [-0.1, -0.05) is 15.9 Å². The third-order valence-corrected chi connectivity index (χ3v) is 5.29. The number of Topliss-reactive ketones (excluding diaryl/α,β-unsaturated/α-hetero) is 1. The summed E-state index contributed by atoms with van der Waals surface area (Å²) in [6, 6.07) is 1.71. The Morgan fingerprint density at radius 1 is 1.43 bits per heavy atom.